The standard InChI is InChI=1S/C27H27N5O/c1-4-20-5-6-21(15-24(20)18(2)26-19(3)28-9-10-29-26)27-23-8-7-22(16-25(23)30-17-31-27)32-11-13-33-14-12-32/h4-10,15-18H,1,11-14H2,2-3H3. The summed E-state index contributed by atoms with van der Waals surface area (Å²) in [6.07, 6.45) is 7.03. The number of benzene rings is 2. The SMILES string of the molecule is C=Cc1ccc(-c2ncnc3cc(N4CCOCC4)ccc23)cc1C(C)c1nccnc1C. The summed E-state index contributed by atoms with van der Waals surface area (Å²) in [7, 11) is 0. The van der Waals surface area contributed by atoms with Gasteiger partial charge in [0, 0.05) is 48.0 Å². The Morgan fingerprint density at radius 1 is 1.00 bits per heavy atom. The minimum atomic E-state index is 0.0766. The van der Waals surface area contributed by atoms with E-state index in [1.54, 1.807) is 18.7 Å². The number of aryl methyl sites for hydroxylation is 1. The van der Waals surface area contributed by atoms with Crippen molar-refractivity contribution in [1.82, 2.24) is 19.9 Å². The fourth-order valence-corrected chi connectivity index (χ4v) is 4.57. The second-order valence-electron chi connectivity index (χ2n) is 8.32. The molecule has 0 aliphatic carbocycles. The number of morpholine rings is 1. The number of aromatic nitrogens is 4. The summed E-state index contributed by atoms with van der Waals surface area (Å²) in [6, 6.07) is 12.9. The van der Waals surface area contributed by atoms with Crippen LogP contribution in [-0.4, -0.2) is 46.2 Å². The van der Waals surface area contributed by atoms with Gasteiger partial charge in [-0.15, -0.1) is 0 Å². The van der Waals surface area contributed by atoms with E-state index in [1.165, 1.54) is 5.69 Å². The Kier molecular flexibility index (Phi) is 5.84. The molecule has 0 bridgehead atoms. The molecule has 0 saturated carbocycles. The third kappa shape index (κ3) is 4.10. The van der Waals surface area contributed by atoms with E-state index in [0.717, 1.165) is 71.0 Å². The molecule has 3 heterocycles. The van der Waals surface area contributed by atoms with Gasteiger partial charge in [0.2, 0.25) is 0 Å². The summed E-state index contributed by atoms with van der Waals surface area (Å²) in [6.45, 7) is 11.5. The molecule has 1 aliphatic heterocycles. The molecule has 1 saturated heterocycles. The van der Waals surface area contributed by atoms with E-state index in [4.69, 9.17) is 4.74 Å². The Morgan fingerprint density at radius 3 is 2.61 bits per heavy atom. The fraction of sp³-hybridized carbons (Fsp3) is 0.259. The largest absolute Gasteiger partial charge is 0.378 e. The highest BCUT2D eigenvalue weighted by atomic mass is 16.5. The van der Waals surface area contributed by atoms with Crippen LogP contribution in [0.2, 0.25) is 0 Å². The Morgan fingerprint density at radius 2 is 1.82 bits per heavy atom. The van der Waals surface area contributed by atoms with Crippen LogP contribution in [0.4, 0.5) is 5.69 Å². The molecule has 6 heteroatoms. The highest BCUT2D eigenvalue weighted by Crippen LogP contribution is 2.34. The summed E-state index contributed by atoms with van der Waals surface area (Å²) in [5, 5.41) is 1.04. The maximum Gasteiger partial charge on any atom is 0.116 e. The van der Waals surface area contributed by atoms with Crippen molar-refractivity contribution in [2.45, 2.75) is 19.8 Å². The molecule has 0 amide bonds. The van der Waals surface area contributed by atoms with Crippen LogP contribution in [0, 0.1) is 6.92 Å². The molecule has 4 aromatic rings. The molecule has 2 aromatic carbocycles. The molecule has 5 rings (SSSR count). The van der Waals surface area contributed by atoms with Crippen molar-refractivity contribution in [2.75, 3.05) is 31.2 Å². The van der Waals surface area contributed by atoms with Gasteiger partial charge in [-0.2, -0.15) is 0 Å². The van der Waals surface area contributed by atoms with Crippen molar-refractivity contribution in [3.05, 3.63) is 84.2 Å². The molecule has 1 aliphatic rings. The van der Waals surface area contributed by atoms with Crippen molar-refractivity contribution in [3.8, 4) is 11.3 Å². The van der Waals surface area contributed by atoms with Gasteiger partial charge >= 0.3 is 0 Å². The Hall–Kier alpha value is -3.64. The van der Waals surface area contributed by atoms with E-state index < -0.39 is 0 Å². The van der Waals surface area contributed by atoms with Gasteiger partial charge in [-0.3, -0.25) is 9.97 Å². The third-order valence-electron chi connectivity index (χ3n) is 6.37. The summed E-state index contributed by atoms with van der Waals surface area (Å²) in [4.78, 5) is 20.6. The first-order valence-electron chi connectivity index (χ1n) is 11.3. The maximum atomic E-state index is 5.49. The molecule has 166 valence electrons. The van der Waals surface area contributed by atoms with Gasteiger partial charge in [0.15, 0.2) is 0 Å². The Bertz CT molecular complexity index is 1310. The van der Waals surface area contributed by atoms with Gasteiger partial charge in [0.25, 0.3) is 0 Å². The summed E-state index contributed by atoms with van der Waals surface area (Å²) >= 11 is 0. The van der Waals surface area contributed by atoms with Gasteiger partial charge in [0.1, 0.15) is 6.33 Å². The topological polar surface area (TPSA) is 64.0 Å². The smallest absolute Gasteiger partial charge is 0.116 e. The van der Waals surface area contributed by atoms with Crippen LogP contribution in [0.15, 0.2) is 61.7 Å². The van der Waals surface area contributed by atoms with Gasteiger partial charge in [-0.1, -0.05) is 31.7 Å². The first-order chi connectivity index (χ1) is 16.2. The zero-order chi connectivity index (χ0) is 22.8. The first kappa shape index (κ1) is 21.2. The zero-order valence-corrected chi connectivity index (χ0v) is 19.0. The van der Waals surface area contributed by atoms with Gasteiger partial charge in [0.05, 0.1) is 35.8 Å². The second-order valence-corrected chi connectivity index (χ2v) is 8.32. The Balaban J connectivity index is 1.57. The minimum Gasteiger partial charge on any atom is -0.378 e. The lowest BCUT2D eigenvalue weighted by atomic mass is 9.89. The van der Waals surface area contributed by atoms with E-state index in [1.807, 2.05) is 13.0 Å². The van der Waals surface area contributed by atoms with Crippen molar-refractivity contribution in [2.24, 2.45) is 0 Å². The van der Waals surface area contributed by atoms with Crippen LogP contribution in [0.5, 0.6) is 0 Å². The third-order valence-corrected chi connectivity index (χ3v) is 6.37. The number of hydrogen-bond acceptors (Lipinski definition) is 6. The fourth-order valence-electron chi connectivity index (χ4n) is 4.57. The molecule has 1 fully saturated rings. The normalized spacial score (nSPS) is 14.9. The molecule has 0 radical (unpaired) electrons. The number of ether oxygens (including phenoxy) is 1. The van der Waals surface area contributed by atoms with Crippen molar-refractivity contribution < 1.29 is 4.74 Å². The van der Waals surface area contributed by atoms with Crippen molar-refractivity contribution in [3.63, 3.8) is 0 Å². The van der Waals surface area contributed by atoms with Crippen LogP contribution in [0.3, 0.4) is 0 Å². The number of rotatable bonds is 5. The monoisotopic (exact) mass is 437 g/mol. The van der Waals surface area contributed by atoms with Crippen LogP contribution < -0.4 is 4.90 Å². The zero-order valence-electron chi connectivity index (χ0n) is 19.0. The molecule has 6 nitrogen and oxygen atoms in total. The van der Waals surface area contributed by atoms with E-state index in [2.05, 4.69) is 74.7 Å². The number of nitrogens with zero attached hydrogens (tertiary/aromatic N) is 5. The predicted octanol–water partition coefficient (Wildman–Crippen LogP) is 5.03. The maximum absolute atomic E-state index is 5.49. The molecule has 2 aromatic heterocycles. The lowest BCUT2D eigenvalue weighted by Gasteiger charge is -2.29. The van der Waals surface area contributed by atoms with Gasteiger partial charge in [-0.05, 0) is 42.3 Å². The van der Waals surface area contributed by atoms with Crippen molar-refractivity contribution >= 4 is 22.7 Å². The quantitative estimate of drug-likeness (QED) is 0.437. The van der Waals surface area contributed by atoms with Crippen LogP contribution in [0.25, 0.3) is 28.2 Å². The summed E-state index contributed by atoms with van der Waals surface area (Å²) in [5.74, 6) is 0.0766. The van der Waals surface area contributed by atoms with Crippen LogP contribution in [0.1, 0.15) is 35.4 Å². The summed E-state index contributed by atoms with van der Waals surface area (Å²) in [5.41, 5.74) is 8.24. The second kappa shape index (κ2) is 9.08. The first-order valence-corrected chi connectivity index (χ1v) is 11.3. The van der Waals surface area contributed by atoms with E-state index >= 15 is 0 Å². The highest BCUT2D eigenvalue weighted by molar-refractivity contribution is 5.94. The average molecular weight is 438 g/mol. The predicted molar refractivity (Wildman–Crippen MR) is 132 cm³/mol. The van der Waals surface area contributed by atoms with E-state index in [9.17, 15) is 0 Å². The van der Waals surface area contributed by atoms with Gasteiger partial charge in [-0.25, -0.2) is 9.97 Å². The van der Waals surface area contributed by atoms with E-state index in [-0.39, 0.29) is 5.92 Å². The average Bonchev–Trinajstić information content (AvgIpc) is 2.88. The van der Waals surface area contributed by atoms with E-state index in [0.29, 0.717) is 0 Å². The highest BCUT2D eigenvalue weighted by Gasteiger charge is 2.18. The van der Waals surface area contributed by atoms with Gasteiger partial charge < -0.3 is 9.64 Å². The summed E-state index contributed by atoms with van der Waals surface area (Å²) < 4.78 is 5.49. The molecular formula is C27H27N5O. The van der Waals surface area contributed by atoms with Crippen molar-refractivity contribution in [1.29, 1.82) is 0 Å². The Labute approximate surface area is 194 Å². The molecule has 1 unspecified atom stereocenters. The molecule has 0 N–H and O–H groups in total. The molecule has 33 heavy (non-hydrogen) atoms. The van der Waals surface area contributed by atoms with Crippen LogP contribution >= 0.6 is 0 Å². The molecular weight excluding hydrogens is 410 g/mol. The lowest BCUT2D eigenvalue weighted by molar-refractivity contribution is 0.122. The minimum absolute atomic E-state index is 0.0766. The number of hydrogen-bond donors (Lipinski definition) is 0. The molecule has 0 spiro atoms. The lowest BCUT2D eigenvalue weighted by Crippen LogP contribution is -2.36. The van der Waals surface area contributed by atoms with Crippen LogP contribution in [-0.2, 0) is 4.74 Å². The number of fused-ring (bicyclic) bond motifs is 1. The number of anilines is 1. The molecule has 1 atom stereocenters.